The van der Waals surface area contributed by atoms with E-state index in [1.54, 1.807) is 12.1 Å². The molecule has 2 rings (SSSR count). The molecule has 1 atom stereocenters. The molecule has 1 aromatic heterocycles. The molecule has 1 aromatic carbocycles. The standard InChI is InChI=1S/C11H11BrClN3O2S/c12-9-3-7(13)1-2-10(9)14-4-8(17)6-18-11-5-15-19-16-11/h1-3,5,8,14,17H,4,6H2. The minimum Gasteiger partial charge on any atom is -0.473 e. The van der Waals surface area contributed by atoms with Crippen LogP contribution in [0.3, 0.4) is 0 Å². The van der Waals surface area contributed by atoms with Crippen molar-refractivity contribution in [1.82, 2.24) is 8.75 Å². The minimum atomic E-state index is -0.649. The molecule has 0 bridgehead atoms. The molecule has 0 radical (unpaired) electrons. The average molecular weight is 365 g/mol. The Morgan fingerprint density at radius 2 is 2.37 bits per heavy atom. The molecule has 8 heteroatoms. The van der Waals surface area contributed by atoms with Crippen LogP contribution in [0.4, 0.5) is 5.69 Å². The summed E-state index contributed by atoms with van der Waals surface area (Å²) in [7, 11) is 0. The number of halogens is 2. The van der Waals surface area contributed by atoms with Gasteiger partial charge in [-0.25, -0.2) is 0 Å². The van der Waals surface area contributed by atoms with E-state index < -0.39 is 6.10 Å². The maximum atomic E-state index is 9.78. The molecule has 0 aliphatic heterocycles. The van der Waals surface area contributed by atoms with Crippen LogP contribution in [-0.4, -0.2) is 33.1 Å². The van der Waals surface area contributed by atoms with Crippen molar-refractivity contribution in [1.29, 1.82) is 0 Å². The molecule has 0 aliphatic rings. The number of anilines is 1. The quantitative estimate of drug-likeness (QED) is 0.825. The number of ether oxygens (including phenoxy) is 1. The van der Waals surface area contributed by atoms with E-state index in [4.69, 9.17) is 16.3 Å². The molecule has 19 heavy (non-hydrogen) atoms. The summed E-state index contributed by atoms with van der Waals surface area (Å²) < 4.78 is 13.8. The first-order valence-corrected chi connectivity index (χ1v) is 7.32. The average Bonchev–Trinajstić information content (AvgIpc) is 2.88. The van der Waals surface area contributed by atoms with Crippen LogP contribution in [-0.2, 0) is 0 Å². The Morgan fingerprint density at radius 1 is 1.53 bits per heavy atom. The van der Waals surface area contributed by atoms with Crippen molar-refractivity contribution in [3.63, 3.8) is 0 Å². The van der Waals surface area contributed by atoms with Crippen LogP contribution < -0.4 is 10.1 Å². The van der Waals surface area contributed by atoms with Crippen molar-refractivity contribution < 1.29 is 9.84 Å². The lowest BCUT2D eigenvalue weighted by atomic mass is 10.3. The number of hydrogen-bond donors (Lipinski definition) is 2. The first-order valence-electron chi connectivity index (χ1n) is 5.42. The first kappa shape index (κ1) is 14.5. The number of rotatable bonds is 6. The Balaban J connectivity index is 1.78. The molecule has 102 valence electrons. The van der Waals surface area contributed by atoms with Crippen molar-refractivity contribution in [3.05, 3.63) is 33.9 Å². The molecule has 0 spiro atoms. The number of hydrogen-bond acceptors (Lipinski definition) is 6. The highest BCUT2D eigenvalue weighted by Gasteiger charge is 2.08. The molecular weight excluding hydrogens is 354 g/mol. The van der Waals surface area contributed by atoms with E-state index in [0.29, 0.717) is 17.4 Å². The molecule has 0 amide bonds. The molecule has 5 nitrogen and oxygen atoms in total. The second-order valence-electron chi connectivity index (χ2n) is 3.72. The Hall–Kier alpha value is -0.890. The number of aliphatic hydroxyl groups excluding tert-OH is 1. The Bertz CT molecular complexity index is 527. The number of nitrogens with zero attached hydrogens (tertiary/aromatic N) is 2. The SMILES string of the molecule is OC(CNc1ccc(Cl)cc1Br)COc1cnsn1. The monoisotopic (exact) mass is 363 g/mol. The van der Waals surface area contributed by atoms with Gasteiger partial charge in [-0.15, -0.1) is 4.37 Å². The van der Waals surface area contributed by atoms with Crippen molar-refractivity contribution in [2.75, 3.05) is 18.5 Å². The van der Waals surface area contributed by atoms with Gasteiger partial charge in [-0.2, -0.15) is 4.37 Å². The van der Waals surface area contributed by atoms with Crippen LogP contribution in [0, 0.1) is 0 Å². The van der Waals surface area contributed by atoms with E-state index in [1.807, 2.05) is 6.07 Å². The van der Waals surface area contributed by atoms with Crippen LogP contribution in [0.2, 0.25) is 5.02 Å². The highest BCUT2D eigenvalue weighted by Crippen LogP contribution is 2.25. The summed E-state index contributed by atoms with van der Waals surface area (Å²) in [6, 6.07) is 5.40. The van der Waals surface area contributed by atoms with Crippen LogP contribution in [0.1, 0.15) is 0 Å². The van der Waals surface area contributed by atoms with E-state index in [1.165, 1.54) is 6.20 Å². The molecule has 0 fully saturated rings. The fourth-order valence-electron chi connectivity index (χ4n) is 1.32. The van der Waals surface area contributed by atoms with Gasteiger partial charge in [0.1, 0.15) is 18.9 Å². The van der Waals surface area contributed by atoms with Gasteiger partial charge in [0.15, 0.2) is 0 Å². The zero-order valence-electron chi connectivity index (χ0n) is 9.72. The summed E-state index contributed by atoms with van der Waals surface area (Å²) >= 11 is 10.3. The number of aromatic nitrogens is 2. The predicted octanol–water partition coefficient (Wildman–Crippen LogP) is 2.81. The highest BCUT2D eigenvalue weighted by molar-refractivity contribution is 9.10. The van der Waals surface area contributed by atoms with Crippen LogP contribution >= 0.6 is 39.3 Å². The lowest BCUT2D eigenvalue weighted by molar-refractivity contribution is 0.115. The summed E-state index contributed by atoms with van der Waals surface area (Å²) in [6.45, 7) is 0.515. The van der Waals surface area contributed by atoms with Gasteiger partial charge in [-0.1, -0.05) is 11.6 Å². The van der Waals surface area contributed by atoms with E-state index in [-0.39, 0.29) is 6.61 Å². The van der Waals surface area contributed by atoms with Crippen molar-refractivity contribution in [3.8, 4) is 5.88 Å². The van der Waals surface area contributed by atoms with Gasteiger partial charge < -0.3 is 15.2 Å². The maximum absolute atomic E-state index is 9.78. The number of benzene rings is 1. The van der Waals surface area contributed by atoms with E-state index in [0.717, 1.165) is 21.9 Å². The van der Waals surface area contributed by atoms with Crippen LogP contribution in [0.5, 0.6) is 5.88 Å². The Labute approximate surface area is 128 Å². The Morgan fingerprint density at radius 3 is 3.05 bits per heavy atom. The topological polar surface area (TPSA) is 67.3 Å². The molecule has 0 saturated heterocycles. The van der Waals surface area contributed by atoms with E-state index in [2.05, 4.69) is 30.0 Å². The first-order chi connectivity index (χ1) is 9.15. The highest BCUT2D eigenvalue weighted by atomic mass is 79.9. The molecule has 1 heterocycles. The summed E-state index contributed by atoms with van der Waals surface area (Å²) in [4.78, 5) is 0. The Kier molecular flexibility index (Phi) is 5.38. The second-order valence-corrected chi connectivity index (χ2v) is 5.56. The van der Waals surface area contributed by atoms with Gasteiger partial charge in [0.2, 0.25) is 5.88 Å². The normalized spacial score (nSPS) is 12.2. The van der Waals surface area contributed by atoms with Gasteiger partial charge in [0.25, 0.3) is 0 Å². The van der Waals surface area contributed by atoms with Crippen molar-refractivity contribution >= 4 is 44.9 Å². The van der Waals surface area contributed by atoms with Crippen molar-refractivity contribution in [2.24, 2.45) is 0 Å². The number of nitrogens with one attached hydrogen (secondary N) is 1. The molecular formula is C11H11BrClN3O2S. The van der Waals surface area contributed by atoms with Gasteiger partial charge in [0, 0.05) is 21.7 Å². The van der Waals surface area contributed by atoms with Gasteiger partial charge in [-0.05, 0) is 34.1 Å². The fourth-order valence-corrected chi connectivity index (χ4v) is 2.51. The third-order valence-electron chi connectivity index (χ3n) is 2.22. The molecule has 0 aliphatic carbocycles. The molecule has 1 unspecified atom stereocenters. The second kappa shape index (κ2) is 7.04. The van der Waals surface area contributed by atoms with Crippen molar-refractivity contribution in [2.45, 2.75) is 6.10 Å². The third kappa shape index (κ3) is 4.61. The van der Waals surface area contributed by atoms with Gasteiger partial charge >= 0.3 is 0 Å². The molecule has 0 saturated carbocycles. The van der Waals surface area contributed by atoms with E-state index in [9.17, 15) is 5.11 Å². The van der Waals surface area contributed by atoms with E-state index >= 15 is 0 Å². The van der Waals surface area contributed by atoms with Gasteiger partial charge in [0.05, 0.1) is 11.7 Å². The minimum absolute atomic E-state index is 0.156. The summed E-state index contributed by atoms with van der Waals surface area (Å²) in [6.07, 6.45) is 0.866. The molecule has 2 N–H and O–H groups in total. The third-order valence-corrected chi connectivity index (χ3v) is 3.58. The summed E-state index contributed by atoms with van der Waals surface area (Å²) in [5.74, 6) is 0.428. The summed E-state index contributed by atoms with van der Waals surface area (Å²) in [5, 5.41) is 13.5. The van der Waals surface area contributed by atoms with Gasteiger partial charge in [-0.3, -0.25) is 0 Å². The largest absolute Gasteiger partial charge is 0.473 e. The summed E-state index contributed by atoms with van der Waals surface area (Å²) in [5.41, 5.74) is 0.860. The predicted molar refractivity (Wildman–Crippen MR) is 79.1 cm³/mol. The molecule has 2 aromatic rings. The van der Waals surface area contributed by atoms with Crippen LogP contribution in [0.25, 0.3) is 0 Å². The van der Waals surface area contributed by atoms with Crippen LogP contribution in [0.15, 0.2) is 28.9 Å². The zero-order chi connectivity index (χ0) is 13.7. The lowest BCUT2D eigenvalue weighted by Crippen LogP contribution is -2.26. The lowest BCUT2D eigenvalue weighted by Gasteiger charge is -2.13. The number of aliphatic hydroxyl groups is 1. The maximum Gasteiger partial charge on any atom is 0.245 e. The fraction of sp³-hybridized carbons (Fsp3) is 0.273. The smallest absolute Gasteiger partial charge is 0.245 e. The zero-order valence-corrected chi connectivity index (χ0v) is 12.9.